The van der Waals surface area contributed by atoms with E-state index in [0.29, 0.717) is 17.0 Å². The molecule has 2 aliphatic rings. The highest BCUT2D eigenvalue weighted by Gasteiger charge is 2.57. The van der Waals surface area contributed by atoms with Gasteiger partial charge < -0.3 is 24.8 Å². The van der Waals surface area contributed by atoms with Crippen LogP contribution in [0.1, 0.15) is 41.7 Å². The average Bonchev–Trinajstić information content (AvgIpc) is 3.07. The molecule has 0 radical (unpaired) electrons. The maximum Gasteiger partial charge on any atom is 0.225 e. The highest BCUT2D eigenvalue weighted by atomic mass is 35.5. The first-order valence-corrected chi connectivity index (χ1v) is 9.99. The lowest BCUT2D eigenvalue weighted by atomic mass is 9.86. The van der Waals surface area contributed by atoms with Crippen molar-refractivity contribution in [3.05, 3.63) is 69.2 Å². The van der Waals surface area contributed by atoms with Gasteiger partial charge in [0.25, 0.3) is 0 Å². The molecule has 5 atom stereocenters. The summed E-state index contributed by atoms with van der Waals surface area (Å²) in [6.45, 7) is 3.98. The van der Waals surface area contributed by atoms with Crippen molar-refractivity contribution in [2.24, 2.45) is 0 Å². The maximum atomic E-state index is 10.7. The number of hydrogen-bond acceptors (Lipinski definition) is 5. The Balaban J connectivity index is 1.73. The van der Waals surface area contributed by atoms with E-state index in [-0.39, 0.29) is 6.61 Å². The van der Waals surface area contributed by atoms with Crippen molar-refractivity contribution >= 4 is 11.6 Å². The van der Waals surface area contributed by atoms with Gasteiger partial charge in [0.05, 0.1) is 12.7 Å². The third-order valence-corrected chi connectivity index (χ3v) is 6.25. The topological polar surface area (TPSA) is 79.2 Å². The quantitative estimate of drug-likeness (QED) is 0.733. The summed E-state index contributed by atoms with van der Waals surface area (Å²) in [5, 5.41) is 31.6. The maximum absolute atomic E-state index is 10.7. The second-order valence-electron chi connectivity index (χ2n) is 7.60. The molecule has 4 unspecified atom stereocenters. The number of fused-ring (bicyclic) bond motifs is 2. The molecule has 28 heavy (non-hydrogen) atoms. The van der Waals surface area contributed by atoms with Crippen LogP contribution >= 0.6 is 11.6 Å². The molecule has 6 heteroatoms. The summed E-state index contributed by atoms with van der Waals surface area (Å²) in [4.78, 5) is 0. The SMILES string of the molecule is CCc1ccc(Cc2c(Cl)ccc3c2CO[C@]32OC(C)C(O)C(O)C2O)cc1. The molecule has 1 saturated heterocycles. The minimum atomic E-state index is -1.50. The molecule has 150 valence electrons. The van der Waals surface area contributed by atoms with Crippen molar-refractivity contribution in [3.8, 4) is 0 Å². The molecule has 2 aliphatic heterocycles. The molecular weight excluding hydrogens is 380 g/mol. The van der Waals surface area contributed by atoms with E-state index in [1.165, 1.54) is 5.56 Å². The molecule has 1 spiro atoms. The minimum Gasteiger partial charge on any atom is -0.388 e. The molecule has 0 saturated carbocycles. The van der Waals surface area contributed by atoms with E-state index in [4.69, 9.17) is 21.1 Å². The van der Waals surface area contributed by atoms with Gasteiger partial charge in [0.1, 0.15) is 18.3 Å². The van der Waals surface area contributed by atoms with Crippen molar-refractivity contribution in [1.29, 1.82) is 0 Å². The van der Waals surface area contributed by atoms with Crippen LogP contribution in [0.4, 0.5) is 0 Å². The molecule has 2 aromatic carbocycles. The average molecular weight is 405 g/mol. The normalized spacial score (nSPS) is 31.9. The second-order valence-corrected chi connectivity index (χ2v) is 8.01. The number of ether oxygens (including phenoxy) is 2. The summed E-state index contributed by atoms with van der Waals surface area (Å²) in [6.07, 6.45) is -3.03. The van der Waals surface area contributed by atoms with Crippen molar-refractivity contribution in [3.63, 3.8) is 0 Å². The van der Waals surface area contributed by atoms with E-state index in [2.05, 4.69) is 31.2 Å². The van der Waals surface area contributed by atoms with Crippen molar-refractivity contribution < 1.29 is 24.8 Å². The van der Waals surface area contributed by atoms with Gasteiger partial charge in [-0.1, -0.05) is 48.9 Å². The van der Waals surface area contributed by atoms with Crippen molar-refractivity contribution in [1.82, 2.24) is 0 Å². The Kier molecular flexibility index (Phi) is 5.25. The fourth-order valence-electron chi connectivity index (χ4n) is 4.15. The van der Waals surface area contributed by atoms with Crippen molar-refractivity contribution in [2.45, 2.75) is 63.5 Å². The highest BCUT2D eigenvalue weighted by molar-refractivity contribution is 6.31. The Morgan fingerprint density at radius 2 is 1.71 bits per heavy atom. The van der Waals surface area contributed by atoms with Gasteiger partial charge in [0, 0.05) is 10.6 Å². The third kappa shape index (κ3) is 3.07. The lowest BCUT2D eigenvalue weighted by molar-refractivity contribution is -0.362. The van der Waals surface area contributed by atoms with E-state index < -0.39 is 30.2 Å². The van der Waals surface area contributed by atoms with Gasteiger partial charge in [-0.05, 0) is 48.1 Å². The smallest absolute Gasteiger partial charge is 0.225 e. The number of rotatable bonds is 3. The van der Waals surface area contributed by atoms with Crippen LogP contribution in [0, 0.1) is 0 Å². The third-order valence-electron chi connectivity index (χ3n) is 5.90. The number of benzene rings is 2. The molecule has 2 aromatic rings. The fraction of sp³-hybridized carbons (Fsp3) is 0.455. The Bertz CT molecular complexity index is 868. The fourth-order valence-corrected chi connectivity index (χ4v) is 4.39. The largest absolute Gasteiger partial charge is 0.388 e. The van der Waals surface area contributed by atoms with Crippen LogP contribution in [0.2, 0.25) is 5.02 Å². The summed E-state index contributed by atoms with van der Waals surface area (Å²) in [5.74, 6) is -1.50. The standard InChI is InChI=1S/C22H25ClO5/c1-3-13-4-6-14(7-5-13)10-15-16-11-27-22(17(16)8-9-18(15)23)21(26)20(25)19(24)12(2)28-22/h4-9,12,19-21,24-26H,3,10-11H2,1-2H3/t12?,19?,20?,21?,22-/m0/s1. The van der Waals surface area contributed by atoms with E-state index in [1.54, 1.807) is 19.1 Å². The number of aliphatic hydroxyl groups excluding tert-OH is 3. The van der Waals surface area contributed by atoms with Gasteiger partial charge in [0.15, 0.2) is 0 Å². The zero-order chi connectivity index (χ0) is 20.1. The molecule has 0 amide bonds. The van der Waals surface area contributed by atoms with Crippen LogP contribution in [0.5, 0.6) is 0 Å². The lowest BCUT2D eigenvalue weighted by Gasteiger charge is -2.45. The van der Waals surface area contributed by atoms with Crippen molar-refractivity contribution in [2.75, 3.05) is 0 Å². The molecule has 4 rings (SSSR count). The van der Waals surface area contributed by atoms with E-state index in [1.807, 2.05) is 0 Å². The zero-order valence-electron chi connectivity index (χ0n) is 15.9. The first kappa shape index (κ1) is 19.8. The van der Waals surface area contributed by atoms with Gasteiger partial charge in [-0.25, -0.2) is 0 Å². The first-order chi connectivity index (χ1) is 13.4. The highest BCUT2D eigenvalue weighted by Crippen LogP contribution is 2.47. The lowest BCUT2D eigenvalue weighted by Crippen LogP contribution is -2.61. The zero-order valence-corrected chi connectivity index (χ0v) is 16.7. The minimum absolute atomic E-state index is 0.213. The summed E-state index contributed by atoms with van der Waals surface area (Å²) in [5.41, 5.74) is 4.84. The first-order valence-electron chi connectivity index (χ1n) is 9.62. The predicted octanol–water partition coefficient (Wildman–Crippen LogP) is 2.68. The molecule has 2 heterocycles. The molecule has 5 nitrogen and oxygen atoms in total. The number of aryl methyl sites for hydroxylation is 1. The van der Waals surface area contributed by atoms with E-state index in [0.717, 1.165) is 23.1 Å². The molecule has 0 bridgehead atoms. The Morgan fingerprint density at radius 3 is 2.39 bits per heavy atom. The summed E-state index contributed by atoms with van der Waals surface area (Å²) < 4.78 is 11.8. The summed E-state index contributed by atoms with van der Waals surface area (Å²) in [6, 6.07) is 11.9. The Labute approximate surface area is 169 Å². The molecule has 0 aromatic heterocycles. The van der Waals surface area contributed by atoms with Gasteiger partial charge in [-0.3, -0.25) is 0 Å². The van der Waals surface area contributed by atoms with Crippen LogP contribution in [0.15, 0.2) is 36.4 Å². The second kappa shape index (κ2) is 7.41. The number of hydrogen-bond donors (Lipinski definition) is 3. The number of halogens is 1. The molecule has 3 N–H and O–H groups in total. The van der Waals surface area contributed by atoms with Crippen LogP contribution in [0.25, 0.3) is 0 Å². The van der Waals surface area contributed by atoms with Gasteiger partial charge in [-0.15, -0.1) is 0 Å². The monoisotopic (exact) mass is 404 g/mol. The van der Waals surface area contributed by atoms with Gasteiger partial charge in [0.2, 0.25) is 5.79 Å². The predicted molar refractivity (Wildman–Crippen MR) is 105 cm³/mol. The number of aliphatic hydroxyl groups is 3. The Hall–Kier alpha value is -1.47. The van der Waals surface area contributed by atoms with Gasteiger partial charge in [-0.2, -0.15) is 0 Å². The van der Waals surface area contributed by atoms with Crippen LogP contribution in [0.3, 0.4) is 0 Å². The van der Waals surface area contributed by atoms with E-state index >= 15 is 0 Å². The van der Waals surface area contributed by atoms with Crippen LogP contribution in [-0.4, -0.2) is 39.7 Å². The van der Waals surface area contributed by atoms with Gasteiger partial charge >= 0.3 is 0 Å². The molecule has 1 fully saturated rings. The van der Waals surface area contributed by atoms with E-state index in [9.17, 15) is 15.3 Å². The Morgan fingerprint density at radius 1 is 1.04 bits per heavy atom. The molecule has 0 aliphatic carbocycles. The van der Waals surface area contributed by atoms with Crippen LogP contribution in [-0.2, 0) is 34.7 Å². The molecular formula is C22H25ClO5. The van der Waals surface area contributed by atoms with Crippen LogP contribution < -0.4 is 0 Å². The summed E-state index contributed by atoms with van der Waals surface area (Å²) in [7, 11) is 0. The summed E-state index contributed by atoms with van der Waals surface area (Å²) >= 11 is 6.51.